The number of nitrogens with zero attached hydrogens (tertiary/aromatic N) is 2. The van der Waals surface area contributed by atoms with Crippen molar-refractivity contribution in [3.05, 3.63) is 92.6 Å². The third-order valence-electron chi connectivity index (χ3n) is 6.71. The normalized spacial score (nSPS) is 14.6. The van der Waals surface area contributed by atoms with Gasteiger partial charge in [-0.3, -0.25) is 9.59 Å². The number of hydrogen-bond acceptors (Lipinski definition) is 5. The molecule has 11 heteroatoms. The zero-order valence-electron chi connectivity index (χ0n) is 20.9. The highest BCUT2D eigenvalue weighted by Crippen LogP contribution is 2.45. The van der Waals surface area contributed by atoms with Crippen molar-refractivity contribution in [1.29, 1.82) is 0 Å². The first kappa shape index (κ1) is 27.0. The van der Waals surface area contributed by atoms with Crippen LogP contribution < -0.4 is 5.32 Å². The van der Waals surface area contributed by atoms with E-state index in [1.807, 2.05) is 0 Å². The zero-order valence-corrected chi connectivity index (χ0v) is 22.5. The average Bonchev–Trinajstić information content (AvgIpc) is 3.47. The number of aromatic nitrogens is 2. The van der Waals surface area contributed by atoms with E-state index in [2.05, 4.69) is 24.3 Å². The molecule has 1 amide bonds. The molecule has 4 aromatic rings. The molecule has 39 heavy (non-hydrogen) atoms. The van der Waals surface area contributed by atoms with Gasteiger partial charge in [-0.2, -0.15) is 18.3 Å². The second-order valence-electron chi connectivity index (χ2n) is 10.2. The Morgan fingerprint density at radius 1 is 1.15 bits per heavy atom. The van der Waals surface area contributed by atoms with Gasteiger partial charge in [-0.25, -0.2) is 4.68 Å². The van der Waals surface area contributed by atoms with Crippen LogP contribution in [0.4, 0.5) is 18.2 Å². The molecule has 0 unspecified atom stereocenters. The number of alkyl halides is 3. The fraction of sp³-hybridized carbons (Fsp3) is 0.250. The Labute approximate surface area is 231 Å². The molecule has 6 nitrogen and oxygen atoms in total. The van der Waals surface area contributed by atoms with Crippen LogP contribution in [0, 0.1) is 5.41 Å². The number of aromatic hydroxyl groups is 1. The quantitative estimate of drug-likeness (QED) is 0.245. The average molecular weight is 574 g/mol. The lowest BCUT2D eigenvalue weighted by Crippen LogP contribution is -2.22. The number of halogens is 4. The first-order valence-electron chi connectivity index (χ1n) is 12.0. The monoisotopic (exact) mass is 573 g/mol. The third-order valence-corrected chi connectivity index (χ3v) is 8.19. The van der Waals surface area contributed by atoms with Crippen LogP contribution in [0.5, 0.6) is 5.75 Å². The first-order chi connectivity index (χ1) is 18.3. The topological polar surface area (TPSA) is 84.2 Å². The van der Waals surface area contributed by atoms with Crippen molar-refractivity contribution in [2.75, 3.05) is 5.32 Å². The van der Waals surface area contributed by atoms with Gasteiger partial charge in [0.05, 0.1) is 33.6 Å². The summed E-state index contributed by atoms with van der Waals surface area (Å²) in [4.78, 5) is 27.8. The van der Waals surface area contributed by atoms with Gasteiger partial charge >= 0.3 is 6.18 Å². The predicted molar refractivity (Wildman–Crippen MR) is 143 cm³/mol. The number of phenols is 1. The van der Waals surface area contributed by atoms with Crippen LogP contribution in [0.3, 0.4) is 0 Å². The standard InChI is InChI=1S/C28H23ClF3N3O3S/c1-27(2)9-8-19-22(12-27)39-26(34-25(38)15-4-3-5-18(36)10-15)23(19)24(37)16-13-33-35(14-16)17-6-7-21(29)20(11-17)28(30,31)32/h3-7,10-11,13-14,36H,8-9,12H2,1-2H3,(H,34,38). The van der Waals surface area contributed by atoms with E-state index in [1.54, 1.807) is 12.1 Å². The van der Waals surface area contributed by atoms with Gasteiger partial charge < -0.3 is 10.4 Å². The molecule has 0 bridgehead atoms. The van der Waals surface area contributed by atoms with Crippen LogP contribution in [-0.2, 0) is 19.0 Å². The molecule has 0 atom stereocenters. The van der Waals surface area contributed by atoms with E-state index in [-0.39, 0.29) is 28.0 Å². The maximum Gasteiger partial charge on any atom is 0.417 e. The maximum absolute atomic E-state index is 13.8. The number of carbonyl (C=O) groups excluding carboxylic acids is 2. The van der Waals surface area contributed by atoms with E-state index in [1.165, 1.54) is 46.6 Å². The van der Waals surface area contributed by atoms with E-state index in [0.717, 1.165) is 35.4 Å². The summed E-state index contributed by atoms with van der Waals surface area (Å²) in [5.41, 5.74) is 0.724. The minimum Gasteiger partial charge on any atom is -0.508 e. The molecule has 1 aliphatic rings. The van der Waals surface area contributed by atoms with Crippen molar-refractivity contribution in [3.8, 4) is 11.4 Å². The summed E-state index contributed by atoms with van der Waals surface area (Å²) in [5, 5.41) is 16.7. The Kier molecular flexibility index (Phi) is 6.80. The van der Waals surface area contributed by atoms with E-state index in [9.17, 15) is 27.9 Å². The van der Waals surface area contributed by atoms with Crippen LogP contribution in [0.1, 0.15) is 62.6 Å². The number of amides is 1. The summed E-state index contributed by atoms with van der Waals surface area (Å²) >= 11 is 7.08. The summed E-state index contributed by atoms with van der Waals surface area (Å²) in [6.07, 6.45) is 0.235. The second kappa shape index (κ2) is 9.84. The van der Waals surface area contributed by atoms with Gasteiger partial charge in [0, 0.05) is 16.6 Å². The lowest BCUT2D eigenvalue weighted by Gasteiger charge is -2.29. The number of phenolic OH excluding ortho intramolecular Hbond substituents is 1. The van der Waals surface area contributed by atoms with Crippen LogP contribution in [0.15, 0.2) is 54.9 Å². The Morgan fingerprint density at radius 2 is 1.92 bits per heavy atom. The minimum absolute atomic E-state index is 0.0281. The number of thiophene rings is 1. The largest absolute Gasteiger partial charge is 0.508 e. The summed E-state index contributed by atoms with van der Waals surface area (Å²) in [5.74, 6) is -0.932. The molecule has 202 valence electrons. The summed E-state index contributed by atoms with van der Waals surface area (Å²) in [6, 6.07) is 9.28. The molecule has 0 spiro atoms. The first-order valence-corrected chi connectivity index (χ1v) is 13.2. The molecule has 2 aromatic carbocycles. The fourth-order valence-electron chi connectivity index (χ4n) is 4.66. The molecule has 2 N–H and O–H groups in total. The van der Waals surface area contributed by atoms with Gasteiger partial charge in [0.25, 0.3) is 5.91 Å². The molecule has 2 aromatic heterocycles. The van der Waals surface area contributed by atoms with Crippen LogP contribution in [0.25, 0.3) is 5.69 Å². The smallest absolute Gasteiger partial charge is 0.417 e. The molecule has 2 heterocycles. The number of carbonyl (C=O) groups is 2. The second-order valence-corrected chi connectivity index (χ2v) is 11.7. The summed E-state index contributed by atoms with van der Waals surface area (Å²) < 4.78 is 41.3. The van der Waals surface area contributed by atoms with E-state index in [0.29, 0.717) is 17.0 Å². The molecular formula is C28H23ClF3N3O3S. The minimum atomic E-state index is -4.65. The number of fused-ring (bicyclic) bond motifs is 1. The Morgan fingerprint density at radius 3 is 2.64 bits per heavy atom. The van der Waals surface area contributed by atoms with Crippen molar-refractivity contribution in [3.63, 3.8) is 0 Å². The third kappa shape index (κ3) is 5.44. The number of nitrogens with one attached hydrogen (secondary N) is 1. The van der Waals surface area contributed by atoms with E-state index in [4.69, 9.17) is 11.6 Å². The number of hydrogen-bond donors (Lipinski definition) is 2. The van der Waals surface area contributed by atoms with Gasteiger partial charge in [0.15, 0.2) is 5.78 Å². The summed E-state index contributed by atoms with van der Waals surface area (Å²) in [6.45, 7) is 4.29. The SMILES string of the molecule is CC1(C)CCc2c(sc(NC(=O)c3cccc(O)c3)c2C(=O)c2cnn(-c3ccc(Cl)c(C(F)(F)F)c3)c2)C1. The molecule has 0 radical (unpaired) electrons. The molecule has 0 aliphatic heterocycles. The van der Waals surface area contributed by atoms with Gasteiger partial charge in [-0.05, 0) is 66.6 Å². The molecule has 0 fully saturated rings. The lowest BCUT2D eigenvalue weighted by atomic mass is 9.76. The van der Waals surface area contributed by atoms with E-state index < -0.39 is 28.5 Å². The Bertz CT molecular complexity index is 1610. The number of rotatable bonds is 5. The molecule has 1 aliphatic carbocycles. The Balaban J connectivity index is 1.52. The molecular weight excluding hydrogens is 551 g/mol. The Hall–Kier alpha value is -3.63. The highest BCUT2D eigenvalue weighted by molar-refractivity contribution is 7.17. The lowest BCUT2D eigenvalue weighted by molar-refractivity contribution is -0.137. The summed E-state index contributed by atoms with van der Waals surface area (Å²) in [7, 11) is 0. The van der Waals surface area contributed by atoms with Crippen LogP contribution in [-0.4, -0.2) is 26.6 Å². The van der Waals surface area contributed by atoms with Gasteiger partial charge in [-0.1, -0.05) is 31.5 Å². The number of benzene rings is 2. The maximum atomic E-state index is 13.8. The van der Waals surface area contributed by atoms with Crippen molar-refractivity contribution in [2.45, 2.75) is 39.3 Å². The number of anilines is 1. The van der Waals surface area contributed by atoms with Gasteiger partial charge in [0.2, 0.25) is 0 Å². The highest BCUT2D eigenvalue weighted by Gasteiger charge is 2.35. The van der Waals surface area contributed by atoms with E-state index >= 15 is 0 Å². The van der Waals surface area contributed by atoms with Crippen molar-refractivity contribution in [1.82, 2.24) is 9.78 Å². The molecule has 0 saturated carbocycles. The fourth-order valence-corrected chi connectivity index (χ4v) is 6.38. The number of ketones is 1. The molecule has 5 rings (SSSR count). The molecule has 0 saturated heterocycles. The van der Waals surface area contributed by atoms with Crippen molar-refractivity contribution in [2.24, 2.45) is 5.41 Å². The zero-order chi connectivity index (χ0) is 28.1. The van der Waals surface area contributed by atoms with Gasteiger partial charge in [-0.15, -0.1) is 11.3 Å². The highest BCUT2D eigenvalue weighted by atomic mass is 35.5. The van der Waals surface area contributed by atoms with Gasteiger partial charge in [0.1, 0.15) is 10.8 Å². The van der Waals surface area contributed by atoms with Crippen molar-refractivity contribution >= 4 is 39.6 Å². The van der Waals surface area contributed by atoms with Crippen LogP contribution >= 0.6 is 22.9 Å². The predicted octanol–water partition coefficient (Wildman–Crippen LogP) is 7.31. The van der Waals surface area contributed by atoms with Crippen LogP contribution in [0.2, 0.25) is 5.02 Å². The van der Waals surface area contributed by atoms with Crippen molar-refractivity contribution < 1.29 is 27.9 Å².